The Balaban J connectivity index is 0.000000284. The molecule has 1 radical (unpaired) electrons. The van der Waals surface area contributed by atoms with Crippen LogP contribution < -0.4 is 0 Å². The summed E-state index contributed by atoms with van der Waals surface area (Å²) in [6.07, 6.45) is 29.0. The summed E-state index contributed by atoms with van der Waals surface area (Å²) >= 11 is 0. The number of rotatable bonds is 0. The van der Waals surface area contributed by atoms with Gasteiger partial charge in [0.05, 0.1) is 0 Å². The largest absolute Gasteiger partial charge is 0.500 e. The van der Waals surface area contributed by atoms with Crippen LogP contribution in [0, 0.1) is 12.2 Å². The van der Waals surface area contributed by atoms with Crippen molar-refractivity contribution in [3.63, 3.8) is 0 Å². The van der Waals surface area contributed by atoms with Crippen molar-refractivity contribution in [3.8, 4) is 0 Å². The van der Waals surface area contributed by atoms with Crippen LogP contribution in [0.25, 0.3) is 0 Å². The maximum Gasteiger partial charge on any atom is 0 e. The molecular weight excluding hydrogens is 384 g/mol. The molecule has 0 fully saturated rings. The molecule has 0 aromatic rings. The first-order valence-electron chi connectivity index (χ1n) is 6.40. The fourth-order valence-electron chi connectivity index (χ4n) is 1.57. The van der Waals surface area contributed by atoms with Gasteiger partial charge in [-0.1, -0.05) is 50.0 Å². The van der Waals surface area contributed by atoms with Crippen LogP contribution in [0.15, 0.2) is 36.5 Å². The van der Waals surface area contributed by atoms with Gasteiger partial charge in [-0.25, -0.2) is 0 Å². The minimum absolute atomic E-state index is 0. The van der Waals surface area contributed by atoms with Crippen molar-refractivity contribution in [1.82, 2.24) is 0 Å². The van der Waals surface area contributed by atoms with E-state index < -0.39 is 0 Å². The minimum Gasteiger partial charge on any atom is -0.500 e. The molecule has 2 rings (SSSR count). The van der Waals surface area contributed by atoms with Crippen LogP contribution in [0.1, 0.15) is 51.4 Å². The Labute approximate surface area is 120 Å². The Morgan fingerprint density at radius 2 is 0.941 bits per heavy atom. The predicted molar refractivity (Wildman–Crippen MR) is 70.8 cm³/mol. The first kappa shape index (κ1) is 16.6. The molecule has 2 aliphatic rings. The van der Waals surface area contributed by atoms with Crippen LogP contribution in [0.2, 0.25) is 0 Å². The van der Waals surface area contributed by atoms with Crippen molar-refractivity contribution in [1.29, 1.82) is 0 Å². The predicted octanol–water partition coefficient (Wildman–Crippen LogP) is 4.95. The van der Waals surface area contributed by atoms with Gasteiger partial charge in [-0.3, -0.25) is 12.2 Å². The van der Waals surface area contributed by atoms with Crippen LogP contribution in [0.4, 0.5) is 0 Å². The van der Waals surface area contributed by atoms with Crippen molar-refractivity contribution >= 4 is 0 Å². The zero-order chi connectivity index (χ0) is 11.3. The van der Waals surface area contributed by atoms with Gasteiger partial charge in [-0.15, -0.1) is 0 Å². The maximum atomic E-state index is 3.21. The fourth-order valence-corrected chi connectivity index (χ4v) is 1.57. The summed E-state index contributed by atoms with van der Waals surface area (Å²) in [4.78, 5) is 0. The van der Waals surface area contributed by atoms with Gasteiger partial charge in [-0.05, 0) is 12.8 Å². The SMILES string of the molecule is [C-]1=CCCC=CCC1.[C-]1=CCCC=CCC1.[Ir]. The van der Waals surface area contributed by atoms with Crippen LogP contribution in [-0.4, -0.2) is 0 Å². The Hall–Kier alpha value is -0.391. The molecule has 0 saturated heterocycles. The van der Waals surface area contributed by atoms with Gasteiger partial charge in [0.25, 0.3) is 0 Å². The summed E-state index contributed by atoms with van der Waals surface area (Å²) < 4.78 is 0. The van der Waals surface area contributed by atoms with Gasteiger partial charge in [0.15, 0.2) is 0 Å². The van der Waals surface area contributed by atoms with Gasteiger partial charge in [0.1, 0.15) is 0 Å². The molecule has 97 valence electrons. The van der Waals surface area contributed by atoms with E-state index >= 15 is 0 Å². The quantitative estimate of drug-likeness (QED) is 0.394. The summed E-state index contributed by atoms with van der Waals surface area (Å²) in [6, 6.07) is 0. The Bertz CT molecular complexity index is 179. The van der Waals surface area contributed by atoms with E-state index in [4.69, 9.17) is 0 Å². The van der Waals surface area contributed by atoms with E-state index in [0.717, 1.165) is 12.8 Å². The van der Waals surface area contributed by atoms with Crippen molar-refractivity contribution in [2.45, 2.75) is 51.4 Å². The van der Waals surface area contributed by atoms with E-state index in [1.54, 1.807) is 0 Å². The monoisotopic (exact) mass is 407 g/mol. The molecule has 0 atom stereocenters. The van der Waals surface area contributed by atoms with E-state index in [9.17, 15) is 0 Å². The van der Waals surface area contributed by atoms with Crippen LogP contribution in [-0.2, 0) is 20.1 Å². The van der Waals surface area contributed by atoms with Crippen molar-refractivity contribution in [2.24, 2.45) is 0 Å². The third kappa shape index (κ3) is 11.9. The second-order valence-electron chi connectivity index (χ2n) is 3.99. The van der Waals surface area contributed by atoms with E-state index in [1.165, 1.54) is 38.5 Å². The zero-order valence-electron chi connectivity index (χ0n) is 10.5. The maximum absolute atomic E-state index is 3.21. The molecule has 0 nitrogen and oxygen atoms in total. The van der Waals surface area contributed by atoms with Gasteiger partial charge in [-0.2, -0.15) is 12.8 Å². The second-order valence-corrected chi connectivity index (χ2v) is 3.99. The molecular formula is C16H22Ir-2. The first-order valence-corrected chi connectivity index (χ1v) is 6.40. The molecule has 0 aromatic heterocycles. The minimum atomic E-state index is 0. The van der Waals surface area contributed by atoms with E-state index in [-0.39, 0.29) is 20.1 Å². The van der Waals surface area contributed by atoms with Crippen molar-refractivity contribution in [3.05, 3.63) is 48.6 Å². The summed E-state index contributed by atoms with van der Waals surface area (Å²) in [7, 11) is 0. The van der Waals surface area contributed by atoms with Gasteiger partial charge >= 0.3 is 0 Å². The molecule has 0 bridgehead atoms. The van der Waals surface area contributed by atoms with E-state index in [2.05, 4.69) is 48.6 Å². The first-order chi connectivity index (χ1) is 8.00. The van der Waals surface area contributed by atoms with Crippen molar-refractivity contribution in [2.75, 3.05) is 0 Å². The third-order valence-electron chi connectivity index (χ3n) is 2.49. The number of hydrogen-bond donors (Lipinski definition) is 0. The topological polar surface area (TPSA) is 0 Å². The summed E-state index contributed by atoms with van der Waals surface area (Å²) in [5, 5.41) is 0. The van der Waals surface area contributed by atoms with E-state index in [1.807, 2.05) is 0 Å². The molecule has 0 N–H and O–H groups in total. The van der Waals surface area contributed by atoms with E-state index in [0.29, 0.717) is 0 Å². The standard InChI is InChI=1S/2C8H11.Ir/c2*1-2-4-6-8-7-5-3-1;/h2*1-2,7H,3-6H2;/q2*-1;. The Morgan fingerprint density at radius 3 is 1.41 bits per heavy atom. The van der Waals surface area contributed by atoms with Crippen molar-refractivity contribution < 1.29 is 20.1 Å². The molecule has 0 aliphatic heterocycles. The Morgan fingerprint density at radius 1 is 0.529 bits per heavy atom. The second kappa shape index (κ2) is 13.7. The molecule has 0 aromatic carbocycles. The Kier molecular flexibility index (Phi) is 13.4. The molecule has 0 saturated carbocycles. The molecule has 0 amide bonds. The summed E-state index contributed by atoms with van der Waals surface area (Å²) in [5.74, 6) is 0. The van der Waals surface area contributed by atoms with Crippen LogP contribution in [0.3, 0.4) is 0 Å². The van der Waals surface area contributed by atoms with Gasteiger partial charge in [0, 0.05) is 20.1 Å². The van der Waals surface area contributed by atoms with Gasteiger partial charge < -0.3 is 12.2 Å². The smallest absolute Gasteiger partial charge is 0 e. The average Bonchev–Trinajstić information content (AvgIpc) is 2.15. The molecule has 0 heterocycles. The van der Waals surface area contributed by atoms with Crippen LogP contribution in [0.5, 0.6) is 0 Å². The average molecular weight is 407 g/mol. The summed E-state index contributed by atoms with van der Waals surface area (Å²) in [5.41, 5.74) is 0. The molecule has 1 heteroatoms. The normalized spacial score (nSPS) is 18.8. The van der Waals surface area contributed by atoms with Crippen LogP contribution >= 0.6 is 0 Å². The summed E-state index contributed by atoms with van der Waals surface area (Å²) in [6.45, 7) is 0. The zero-order valence-corrected chi connectivity index (χ0v) is 12.8. The molecule has 2 aliphatic carbocycles. The number of hydrogen-bond acceptors (Lipinski definition) is 0. The third-order valence-corrected chi connectivity index (χ3v) is 2.49. The molecule has 17 heavy (non-hydrogen) atoms. The fraction of sp³-hybridized carbons (Fsp3) is 0.500. The number of allylic oxidation sites excluding steroid dienone is 8. The molecule has 0 spiro atoms. The molecule has 0 unspecified atom stereocenters. The van der Waals surface area contributed by atoms with Gasteiger partial charge in [0.2, 0.25) is 0 Å².